The van der Waals surface area contributed by atoms with Gasteiger partial charge in [-0.05, 0) is 25.0 Å². The predicted octanol–water partition coefficient (Wildman–Crippen LogP) is 3.76. The first-order chi connectivity index (χ1) is 8.08. The second-order valence-corrected chi connectivity index (χ2v) is 4.96. The third kappa shape index (κ3) is 3.05. The Kier molecular flexibility index (Phi) is 4.15. The minimum absolute atomic E-state index is 0.206. The van der Waals surface area contributed by atoms with Crippen LogP contribution in [0.3, 0.4) is 0 Å². The van der Waals surface area contributed by atoms with Crippen molar-refractivity contribution in [3.63, 3.8) is 0 Å². The molecule has 1 N–H and O–H groups in total. The molecular formula is C11H10Cl3NO2. The number of benzene rings is 1. The molecule has 92 valence electrons. The minimum Gasteiger partial charge on any atom is -0.368 e. The molecule has 3 nitrogen and oxygen atoms in total. The van der Waals surface area contributed by atoms with Crippen LogP contribution in [0.4, 0.5) is 5.69 Å². The highest BCUT2D eigenvalue weighted by Gasteiger charge is 2.24. The Labute approximate surface area is 114 Å². The third-order valence-electron chi connectivity index (χ3n) is 2.49. The van der Waals surface area contributed by atoms with Crippen LogP contribution in [0.15, 0.2) is 12.1 Å². The molecule has 1 fully saturated rings. The maximum Gasteiger partial charge on any atom is 0.253 e. The van der Waals surface area contributed by atoms with E-state index < -0.39 is 6.10 Å². The molecule has 0 saturated carbocycles. The third-order valence-corrected chi connectivity index (χ3v) is 3.52. The SMILES string of the molecule is O=C(Nc1cc(Cl)c(Cl)cc1Cl)C1CCCO1. The fraction of sp³-hybridized carbons (Fsp3) is 0.364. The average molecular weight is 295 g/mol. The summed E-state index contributed by atoms with van der Waals surface area (Å²) in [7, 11) is 0. The van der Waals surface area contributed by atoms with Crippen LogP contribution in [-0.4, -0.2) is 18.6 Å². The van der Waals surface area contributed by atoms with Crippen molar-refractivity contribution in [2.75, 3.05) is 11.9 Å². The molecule has 1 aliphatic rings. The summed E-state index contributed by atoms with van der Waals surface area (Å²) in [6, 6.07) is 3.02. The number of ether oxygens (including phenoxy) is 1. The zero-order valence-corrected chi connectivity index (χ0v) is 11.1. The summed E-state index contributed by atoms with van der Waals surface area (Å²) in [5.74, 6) is -0.206. The molecule has 2 rings (SSSR count). The van der Waals surface area contributed by atoms with Crippen molar-refractivity contribution in [2.45, 2.75) is 18.9 Å². The second-order valence-electron chi connectivity index (χ2n) is 3.74. The van der Waals surface area contributed by atoms with E-state index in [1.54, 1.807) is 0 Å². The first-order valence-corrected chi connectivity index (χ1v) is 6.28. The standard InChI is InChI=1S/C11H10Cl3NO2/c12-6-4-8(14)9(5-7(6)13)15-11(16)10-2-1-3-17-10/h4-5,10H,1-3H2,(H,15,16). The van der Waals surface area contributed by atoms with Gasteiger partial charge in [-0.1, -0.05) is 34.8 Å². The van der Waals surface area contributed by atoms with Crippen molar-refractivity contribution in [2.24, 2.45) is 0 Å². The van der Waals surface area contributed by atoms with Crippen LogP contribution in [0.5, 0.6) is 0 Å². The Bertz CT molecular complexity index is 445. The van der Waals surface area contributed by atoms with Crippen LogP contribution in [0, 0.1) is 0 Å². The summed E-state index contributed by atoms with van der Waals surface area (Å²) >= 11 is 17.6. The maximum atomic E-state index is 11.8. The molecule has 1 saturated heterocycles. The average Bonchev–Trinajstić information content (AvgIpc) is 2.79. The van der Waals surface area contributed by atoms with Crippen molar-refractivity contribution in [3.8, 4) is 0 Å². The largest absolute Gasteiger partial charge is 0.368 e. The Hall–Kier alpha value is -0.480. The summed E-state index contributed by atoms with van der Waals surface area (Å²) in [6.07, 6.45) is 1.22. The lowest BCUT2D eigenvalue weighted by molar-refractivity contribution is -0.124. The van der Waals surface area contributed by atoms with Gasteiger partial charge in [0.25, 0.3) is 5.91 Å². The van der Waals surface area contributed by atoms with Crippen LogP contribution in [0.2, 0.25) is 15.1 Å². The molecule has 0 aromatic heterocycles. The van der Waals surface area contributed by atoms with Crippen molar-refractivity contribution in [1.82, 2.24) is 0 Å². The van der Waals surface area contributed by atoms with E-state index in [1.165, 1.54) is 12.1 Å². The molecule has 6 heteroatoms. The summed E-state index contributed by atoms with van der Waals surface area (Å²) < 4.78 is 5.27. The number of carbonyl (C=O) groups excluding carboxylic acids is 1. The van der Waals surface area contributed by atoms with E-state index >= 15 is 0 Å². The molecule has 1 amide bonds. The molecule has 0 bridgehead atoms. The molecule has 1 aromatic carbocycles. The molecule has 0 spiro atoms. The number of rotatable bonds is 2. The van der Waals surface area contributed by atoms with Gasteiger partial charge in [-0.15, -0.1) is 0 Å². The van der Waals surface area contributed by atoms with Crippen LogP contribution in [0.1, 0.15) is 12.8 Å². The number of nitrogens with one attached hydrogen (secondary N) is 1. The first-order valence-electron chi connectivity index (χ1n) is 5.15. The van der Waals surface area contributed by atoms with Crippen LogP contribution < -0.4 is 5.32 Å². The van der Waals surface area contributed by atoms with E-state index in [9.17, 15) is 4.79 Å². The van der Waals surface area contributed by atoms with Crippen LogP contribution in [0.25, 0.3) is 0 Å². The van der Waals surface area contributed by atoms with Gasteiger partial charge in [-0.25, -0.2) is 0 Å². The monoisotopic (exact) mass is 293 g/mol. The lowest BCUT2D eigenvalue weighted by atomic mass is 10.2. The Balaban J connectivity index is 2.12. The van der Waals surface area contributed by atoms with Gasteiger partial charge in [0.05, 0.1) is 20.8 Å². The summed E-state index contributed by atoms with van der Waals surface area (Å²) in [6.45, 7) is 0.618. The molecule has 1 aliphatic heterocycles. The molecule has 17 heavy (non-hydrogen) atoms. The van der Waals surface area contributed by atoms with Gasteiger partial charge < -0.3 is 10.1 Å². The molecule has 1 heterocycles. The predicted molar refractivity (Wildman–Crippen MR) is 69.1 cm³/mol. The number of carbonyl (C=O) groups is 1. The number of halogens is 3. The number of anilines is 1. The van der Waals surface area contributed by atoms with E-state index in [0.717, 1.165) is 12.8 Å². The number of hydrogen-bond acceptors (Lipinski definition) is 2. The van der Waals surface area contributed by atoms with Crippen molar-refractivity contribution >= 4 is 46.4 Å². The second kappa shape index (κ2) is 5.44. The van der Waals surface area contributed by atoms with E-state index in [1.807, 2.05) is 0 Å². The number of hydrogen-bond donors (Lipinski definition) is 1. The van der Waals surface area contributed by atoms with Crippen LogP contribution >= 0.6 is 34.8 Å². The molecule has 1 atom stereocenters. The highest BCUT2D eigenvalue weighted by molar-refractivity contribution is 6.44. The molecule has 0 aliphatic carbocycles. The zero-order chi connectivity index (χ0) is 12.4. The summed E-state index contributed by atoms with van der Waals surface area (Å²) in [5.41, 5.74) is 0.446. The Morgan fingerprint density at radius 3 is 2.59 bits per heavy atom. The van der Waals surface area contributed by atoms with E-state index in [2.05, 4.69) is 5.32 Å². The maximum absolute atomic E-state index is 11.8. The van der Waals surface area contributed by atoms with Crippen molar-refractivity contribution < 1.29 is 9.53 Å². The van der Waals surface area contributed by atoms with Gasteiger partial charge in [-0.3, -0.25) is 4.79 Å². The van der Waals surface area contributed by atoms with Crippen molar-refractivity contribution in [1.29, 1.82) is 0 Å². The molecule has 1 unspecified atom stereocenters. The Morgan fingerprint density at radius 1 is 1.24 bits per heavy atom. The lowest BCUT2D eigenvalue weighted by Gasteiger charge is -2.12. The highest BCUT2D eigenvalue weighted by Crippen LogP contribution is 2.32. The first kappa shape index (κ1) is 13.0. The lowest BCUT2D eigenvalue weighted by Crippen LogP contribution is -2.26. The van der Waals surface area contributed by atoms with E-state index in [-0.39, 0.29) is 5.91 Å². The fourth-order valence-electron chi connectivity index (χ4n) is 1.62. The topological polar surface area (TPSA) is 38.3 Å². The Morgan fingerprint density at radius 2 is 1.94 bits per heavy atom. The summed E-state index contributed by atoms with van der Waals surface area (Å²) in [5, 5.41) is 3.73. The summed E-state index contributed by atoms with van der Waals surface area (Å²) in [4.78, 5) is 11.8. The van der Waals surface area contributed by atoms with Gasteiger partial charge in [0.2, 0.25) is 0 Å². The normalized spacial score (nSPS) is 19.4. The molecular weight excluding hydrogens is 284 g/mol. The highest BCUT2D eigenvalue weighted by atomic mass is 35.5. The van der Waals surface area contributed by atoms with Gasteiger partial charge in [0.1, 0.15) is 6.10 Å². The molecule has 1 aromatic rings. The van der Waals surface area contributed by atoms with Gasteiger partial charge >= 0.3 is 0 Å². The van der Waals surface area contributed by atoms with E-state index in [0.29, 0.717) is 27.4 Å². The minimum atomic E-state index is -0.402. The van der Waals surface area contributed by atoms with Crippen LogP contribution in [-0.2, 0) is 9.53 Å². The molecule has 0 radical (unpaired) electrons. The number of amides is 1. The van der Waals surface area contributed by atoms with Crippen molar-refractivity contribution in [3.05, 3.63) is 27.2 Å². The van der Waals surface area contributed by atoms with Gasteiger partial charge in [-0.2, -0.15) is 0 Å². The fourth-order valence-corrected chi connectivity index (χ4v) is 2.21. The van der Waals surface area contributed by atoms with Gasteiger partial charge in [0.15, 0.2) is 0 Å². The smallest absolute Gasteiger partial charge is 0.253 e. The quantitative estimate of drug-likeness (QED) is 0.843. The van der Waals surface area contributed by atoms with Gasteiger partial charge in [0, 0.05) is 6.61 Å². The zero-order valence-electron chi connectivity index (χ0n) is 8.80. The van der Waals surface area contributed by atoms with E-state index in [4.69, 9.17) is 39.5 Å².